The highest BCUT2D eigenvalue weighted by Gasteiger charge is 2.25. The van der Waals surface area contributed by atoms with Crippen molar-refractivity contribution in [2.75, 3.05) is 42.9 Å². The Bertz CT molecular complexity index is 1220. The number of anilines is 2. The molecule has 8 heteroatoms. The van der Waals surface area contributed by atoms with Gasteiger partial charge in [-0.2, -0.15) is 0 Å². The predicted molar refractivity (Wildman–Crippen MR) is 130 cm³/mol. The van der Waals surface area contributed by atoms with Crippen molar-refractivity contribution in [2.24, 2.45) is 0 Å². The van der Waals surface area contributed by atoms with Crippen molar-refractivity contribution in [1.82, 2.24) is 4.90 Å². The Morgan fingerprint density at radius 2 is 1.55 bits per heavy atom. The van der Waals surface area contributed by atoms with E-state index in [0.717, 1.165) is 24.5 Å². The zero-order chi connectivity index (χ0) is 23.4. The van der Waals surface area contributed by atoms with Gasteiger partial charge in [0.15, 0.2) is 0 Å². The molecular weight excluding hydrogens is 438 g/mol. The van der Waals surface area contributed by atoms with E-state index in [9.17, 15) is 13.2 Å². The maximum absolute atomic E-state index is 13.2. The number of hydrogen-bond acceptors (Lipinski definition) is 5. The van der Waals surface area contributed by atoms with Crippen molar-refractivity contribution < 1.29 is 17.9 Å². The van der Waals surface area contributed by atoms with Crippen LogP contribution in [0.4, 0.5) is 11.4 Å². The summed E-state index contributed by atoms with van der Waals surface area (Å²) in [5, 5.41) is 0. The lowest BCUT2D eigenvalue weighted by Gasteiger charge is -2.36. The minimum Gasteiger partial charge on any atom is -0.497 e. The van der Waals surface area contributed by atoms with Gasteiger partial charge in [0.1, 0.15) is 5.75 Å². The third kappa shape index (κ3) is 4.96. The van der Waals surface area contributed by atoms with Gasteiger partial charge in [-0.05, 0) is 61.0 Å². The Morgan fingerprint density at radius 3 is 2.18 bits per heavy atom. The number of carbonyl (C=O) groups excluding carboxylic acids is 1. The van der Waals surface area contributed by atoms with Gasteiger partial charge in [0.25, 0.3) is 15.9 Å². The fraction of sp³-hybridized carbons (Fsp3) is 0.240. The summed E-state index contributed by atoms with van der Waals surface area (Å²) in [7, 11) is -2.09. The third-order valence-corrected chi connectivity index (χ3v) is 7.25. The van der Waals surface area contributed by atoms with E-state index in [-0.39, 0.29) is 10.8 Å². The van der Waals surface area contributed by atoms with E-state index in [2.05, 4.69) is 9.62 Å². The fourth-order valence-electron chi connectivity index (χ4n) is 3.91. The second-order valence-electron chi connectivity index (χ2n) is 7.87. The maximum atomic E-state index is 13.2. The Morgan fingerprint density at radius 1 is 0.879 bits per heavy atom. The lowest BCUT2D eigenvalue weighted by Crippen LogP contribution is -2.49. The lowest BCUT2D eigenvalue weighted by atomic mass is 10.1. The smallest absolute Gasteiger partial charge is 0.261 e. The molecule has 1 saturated heterocycles. The fourth-order valence-corrected chi connectivity index (χ4v) is 5.06. The number of nitrogens with zero attached hydrogens (tertiary/aromatic N) is 2. The van der Waals surface area contributed by atoms with Crippen LogP contribution in [0.2, 0.25) is 0 Å². The summed E-state index contributed by atoms with van der Waals surface area (Å²) in [6.45, 7) is 4.38. The number of hydrogen-bond donors (Lipinski definition) is 1. The van der Waals surface area contributed by atoms with Crippen molar-refractivity contribution in [3.63, 3.8) is 0 Å². The molecule has 0 atom stereocenters. The molecule has 3 aromatic rings. The lowest BCUT2D eigenvalue weighted by molar-refractivity contribution is 0.0746. The third-order valence-electron chi connectivity index (χ3n) is 5.87. The van der Waals surface area contributed by atoms with Gasteiger partial charge >= 0.3 is 0 Å². The number of carbonyl (C=O) groups is 1. The van der Waals surface area contributed by atoms with E-state index in [1.165, 1.54) is 12.1 Å². The summed E-state index contributed by atoms with van der Waals surface area (Å²) in [5.41, 5.74) is 2.61. The van der Waals surface area contributed by atoms with Gasteiger partial charge in [0.05, 0.1) is 17.7 Å². The number of methoxy groups -OCH3 is 1. The molecule has 4 rings (SSSR count). The molecule has 1 amide bonds. The van der Waals surface area contributed by atoms with E-state index < -0.39 is 10.0 Å². The summed E-state index contributed by atoms with van der Waals surface area (Å²) < 4.78 is 33.3. The van der Waals surface area contributed by atoms with Gasteiger partial charge in [0.2, 0.25) is 0 Å². The van der Waals surface area contributed by atoms with Crippen molar-refractivity contribution in [1.29, 1.82) is 0 Å². The van der Waals surface area contributed by atoms with E-state index in [4.69, 9.17) is 4.74 Å². The zero-order valence-electron chi connectivity index (χ0n) is 18.7. The number of nitrogens with one attached hydrogen (secondary N) is 1. The van der Waals surface area contributed by atoms with Crippen LogP contribution < -0.4 is 14.4 Å². The first-order valence-electron chi connectivity index (χ1n) is 10.7. The summed E-state index contributed by atoms with van der Waals surface area (Å²) in [5.74, 6) is 0.716. The molecule has 1 fully saturated rings. The molecule has 1 N–H and O–H groups in total. The molecule has 7 nitrogen and oxygen atoms in total. The van der Waals surface area contributed by atoms with E-state index in [1.807, 2.05) is 29.2 Å². The standard InChI is InChI=1S/C25H27N3O4S/c1-19-23(9-6-10-24(19)26-33(30,31)22-7-4-3-5-8-22)25(29)28-17-15-27(16-18-28)20-11-13-21(32-2)14-12-20/h3-14,26H,15-18H2,1-2H3. The van der Waals surface area contributed by atoms with Crippen molar-refractivity contribution in [2.45, 2.75) is 11.8 Å². The molecule has 0 saturated carbocycles. The van der Waals surface area contributed by atoms with E-state index >= 15 is 0 Å². The molecule has 172 valence electrons. The molecule has 1 aliphatic heterocycles. The normalized spacial score (nSPS) is 14.1. The number of ether oxygens (including phenoxy) is 1. The molecule has 0 spiro atoms. The van der Waals surface area contributed by atoms with E-state index in [0.29, 0.717) is 29.9 Å². The molecule has 0 radical (unpaired) electrons. The Balaban J connectivity index is 1.46. The molecule has 0 aliphatic carbocycles. The Kier molecular flexibility index (Phi) is 6.55. The molecule has 1 heterocycles. The van der Waals surface area contributed by atoms with Crippen LogP contribution in [0.1, 0.15) is 15.9 Å². The van der Waals surface area contributed by atoms with Crippen molar-refractivity contribution >= 4 is 27.3 Å². The Hall–Kier alpha value is -3.52. The molecule has 33 heavy (non-hydrogen) atoms. The summed E-state index contributed by atoms with van der Waals surface area (Å²) in [6.07, 6.45) is 0. The minimum atomic E-state index is -3.74. The predicted octanol–water partition coefficient (Wildman–Crippen LogP) is 3.77. The Labute approximate surface area is 194 Å². The van der Waals surface area contributed by atoms with Gasteiger partial charge < -0.3 is 14.5 Å². The number of sulfonamides is 1. The zero-order valence-corrected chi connectivity index (χ0v) is 19.5. The maximum Gasteiger partial charge on any atom is 0.261 e. The first-order valence-corrected chi connectivity index (χ1v) is 12.2. The van der Waals surface area contributed by atoms with Gasteiger partial charge in [-0.15, -0.1) is 0 Å². The number of benzene rings is 3. The highest BCUT2D eigenvalue weighted by Crippen LogP contribution is 2.25. The molecule has 1 aliphatic rings. The van der Waals surface area contributed by atoms with Gasteiger partial charge in [-0.25, -0.2) is 8.42 Å². The minimum absolute atomic E-state index is 0.0948. The average molecular weight is 466 g/mol. The monoisotopic (exact) mass is 465 g/mol. The van der Waals surface area contributed by atoms with Crippen LogP contribution >= 0.6 is 0 Å². The highest BCUT2D eigenvalue weighted by atomic mass is 32.2. The van der Waals surface area contributed by atoms with Crippen LogP contribution in [0.3, 0.4) is 0 Å². The SMILES string of the molecule is COc1ccc(N2CCN(C(=O)c3cccc(NS(=O)(=O)c4ccccc4)c3C)CC2)cc1. The van der Waals surface area contributed by atoms with Crippen LogP contribution in [-0.2, 0) is 10.0 Å². The molecule has 0 aromatic heterocycles. The number of amides is 1. The van der Waals surface area contributed by atoms with Gasteiger partial charge in [0, 0.05) is 37.4 Å². The second-order valence-corrected chi connectivity index (χ2v) is 9.56. The van der Waals surface area contributed by atoms with Gasteiger partial charge in [-0.1, -0.05) is 24.3 Å². The first kappa shape index (κ1) is 22.7. The molecular formula is C25H27N3O4S. The largest absolute Gasteiger partial charge is 0.497 e. The summed E-state index contributed by atoms with van der Waals surface area (Å²) in [4.78, 5) is 17.5. The highest BCUT2D eigenvalue weighted by molar-refractivity contribution is 7.92. The summed E-state index contributed by atoms with van der Waals surface area (Å²) >= 11 is 0. The second kappa shape index (κ2) is 9.54. The molecule has 0 bridgehead atoms. The number of rotatable bonds is 6. The van der Waals surface area contributed by atoms with Crippen LogP contribution in [0.15, 0.2) is 77.7 Å². The van der Waals surface area contributed by atoms with E-state index in [1.54, 1.807) is 50.4 Å². The topological polar surface area (TPSA) is 79.0 Å². The van der Waals surface area contributed by atoms with Gasteiger partial charge in [-0.3, -0.25) is 9.52 Å². The van der Waals surface area contributed by atoms with Crippen LogP contribution in [0.5, 0.6) is 5.75 Å². The van der Waals surface area contributed by atoms with Crippen LogP contribution in [0.25, 0.3) is 0 Å². The average Bonchev–Trinajstić information content (AvgIpc) is 2.85. The van der Waals surface area contributed by atoms with Crippen LogP contribution in [0, 0.1) is 6.92 Å². The summed E-state index contributed by atoms with van der Waals surface area (Å²) in [6, 6.07) is 21.2. The van der Waals surface area contributed by atoms with Crippen molar-refractivity contribution in [3.05, 3.63) is 83.9 Å². The number of piperazine rings is 1. The molecule has 3 aromatic carbocycles. The first-order chi connectivity index (χ1) is 15.9. The quantitative estimate of drug-likeness (QED) is 0.600. The molecule has 0 unspecified atom stereocenters. The van der Waals surface area contributed by atoms with Crippen molar-refractivity contribution in [3.8, 4) is 5.75 Å². The van der Waals surface area contributed by atoms with Crippen LogP contribution in [-0.4, -0.2) is 52.5 Å².